The van der Waals surface area contributed by atoms with Gasteiger partial charge in [-0.25, -0.2) is 0 Å². The van der Waals surface area contributed by atoms with E-state index in [1.807, 2.05) is 0 Å². The quantitative estimate of drug-likeness (QED) is 0.293. The summed E-state index contributed by atoms with van der Waals surface area (Å²) in [5, 5.41) is 29.1. The van der Waals surface area contributed by atoms with Gasteiger partial charge in [0.05, 0.1) is 18.8 Å². The standard InChI is InChI=1S/C40H63NO6/c1-37-26-32(28-11-13-30(14-12-28)41-29-8-3-2-4-9-29)36-31(15-19-38(42)27-40(21-17-34(36)38)46-24-25-47-40)33(37)16-20-39(37,43)18-7-23-45-35-10-5-6-22-44-35/h28-36,41-43H,2-6,8-17,19-27H2,1H3. The van der Waals surface area contributed by atoms with Crippen molar-refractivity contribution in [3.05, 3.63) is 0 Å². The highest BCUT2D eigenvalue weighted by molar-refractivity contribution is 5.27. The highest BCUT2D eigenvalue weighted by atomic mass is 16.7. The molecule has 6 saturated carbocycles. The van der Waals surface area contributed by atoms with Crippen molar-refractivity contribution in [2.45, 2.75) is 171 Å². The molecule has 3 N–H and O–H groups in total. The van der Waals surface area contributed by atoms with Crippen molar-refractivity contribution in [1.29, 1.82) is 0 Å². The van der Waals surface area contributed by atoms with Crippen molar-refractivity contribution in [3.63, 3.8) is 0 Å². The van der Waals surface area contributed by atoms with Gasteiger partial charge in [0.2, 0.25) is 0 Å². The summed E-state index contributed by atoms with van der Waals surface area (Å²) in [6.45, 7) is 4.77. The Balaban J connectivity index is 1.03. The van der Waals surface area contributed by atoms with Crippen LogP contribution in [0.4, 0.5) is 0 Å². The molecule has 9 unspecified atom stereocenters. The number of rotatable bonds is 5. The van der Waals surface area contributed by atoms with Gasteiger partial charge in [0.1, 0.15) is 12.2 Å². The van der Waals surface area contributed by atoms with E-state index in [0.29, 0.717) is 67.9 Å². The van der Waals surface area contributed by atoms with E-state index in [0.717, 1.165) is 70.8 Å². The molecule has 2 aliphatic heterocycles. The Kier molecular flexibility index (Phi) is 9.56. The highest BCUT2D eigenvalue weighted by Gasteiger charge is 2.68. The van der Waals surface area contributed by atoms with Crippen molar-refractivity contribution >= 4 is 0 Å². The lowest BCUT2D eigenvalue weighted by atomic mass is 9.43. The summed E-state index contributed by atoms with van der Waals surface area (Å²) in [6.07, 6.45) is 22.1. The van der Waals surface area contributed by atoms with Gasteiger partial charge in [-0.3, -0.25) is 0 Å². The molecule has 6 aliphatic carbocycles. The molecule has 8 fully saturated rings. The molecule has 8 aliphatic rings. The van der Waals surface area contributed by atoms with Crippen molar-refractivity contribution in [3.8, 4) is 11.8 Å². The van der Waals surface area contributed by atoms with Crippen LogP contribution in [-0.4, -0.2) is 72.0 Å². The largest absolute Gasteiger partial charge is 0.389 e. The molecular weight excluding hydrogens is 590 g/mol. The number of aliphatic hydroxyl groups is 2. The molecule has 2 heterocycles. The summed E-state index contributed by atoms with van der Waals surface area (Å²) >= 11 is 0. The molecule has 7 nitrogen and oxygen atoms in total. The van der Waals surface area contributed by atoms with Crippen LogP contribution in [0.15, 0.2) is 0 Å². The minimum atomic E-state index is -0.993. The molecule has 0 radical (unpaired) electrons. The monoisotopic (exact) mass is 653 g/mol. The summed E-state index contributed by atoms with van der Waals surface area (Å²) in [6, 6.07) is 1.36. The minimum Gasteiger partial charge on any atom is -0.389 e. The van der Waals surface area contributed by atoms with Crippen LogP contribution in [0.2, 0.25) is 0 Å². The summed E-state index contributed by atoms with van der Waals surface area (Å²) in [7, 11) is 0. The van der Waals surface area contributed by atoms with Gasteiger partial charge in [0, 0.05) is 36.9 Å². The molecule has 7 heteroatoms. The van der Waals surface area contributed by atoms with Gasteiger partial charge >= 0.3 is 0 Å². The number of fused-ring (bicyclic) bond motifs is 5. The van der Waals surface area contributed by atoms with Gasteiger partial charge in [-0.1, -0.05) is 38.0 Å². The Morgan fingerprint density at radius 1 is 0.745 bits per heavy atom. The second-order valence-electron chi connectivity index (χ2n) is 17.6. The van der Waals surface area contributed by atoms with Crippen molar-refractivity contribution in [1.82, 2.24) is 5.32 Å². The van der Waals surface area contributed by atoms with Crippen LogP contribution in [0.5, 0.6) is 0 Å². The SMILES string of the molecule is CC12CC(C3CCC(NC4CCCCC4)CC3)C3C(CCC4(O)CC5(CCC34)OCCO5)C1CCC2(O)C#CCOC1CCCCO1. The molecule has 9 atom stereocenters. The van der Waals surface area contributed by atoms with E-state index >= 15 is 0 Å². The molecule has 0 amide bonds. The maximum absolute atomic E-state index is 12.5. The molecule has 0 bridgehead atoms. The zero-order valence-corrected chi connectivity index (χ0v) is 29.2. The summed E-state index contributed by atoms with van der Waals surface area (Å²) in [4.78, 5) is 0. The number of hydrogen-bond donors (Lipinski definition) is 3. The lowest BCUT2D eigenvalue weighted by molar-refractivity contribution is -0.265. The van der Waals surface area contributed by atoms with Gasteiger partial charge < -0.3 is 34.5 Å². The number of hydrogen-bond acceptors (Lipinski definition) is 7. The van der Waals surface area contributed by atoms with Crippen molar-refractivity contribution < 1.29 is 29.2 Å². The third-order valence-electron chi connectivity index (χ3n) is 15.3. The maximum Gasteiger partial charge on any atom is 0.171 e. The van der Waals surface area contributed by atoms with E-state index in [9.17, 15) is 10.2 Å². The Hall–Kier alpha value is -0.720. The average Bonchev–Trinajstić information content (AvgIpc) is 3.64. The van der Waals surface area contributed by atoms with Crippen molar-refractivity contribution in [2.24, 2.45) is 40.9 Å². The average molecular weight is 654 g/mol. The topological polar surface area (TPSA) is 89.4 Å². The Morgan fingerprint density at radius 3 is 2.26 bits per heavy atom. The van der Waals surface area contributed by atoms with Crippen molar-refractivity contribution in [2.75, 3.05) is 26.4 Å². The lowest BCUT2D eigenvalue weighted by Gasteiger charge is -2.63. The molecule has 0 aromatic heterocycles. The molecule has 0 aromatic carbocycles. The summed E-state index contributed by atoms with van der Waals surface area (Å²) in [5.74, 6) is 9.06. The van der Waals surface area contributed by atoms with Gasteiger partial charge in [0.15, 0.2) is 12.1 Å². The fourth-order valence-electron chi connectivity index (χ4n) is 13.0. The van der Waals surface area contributed by atoms with Crippen LogP contribution in [-0.2, 0) is 18.9 Å². The van der Waals surface area contributed by atoms with Crippen LogP contribution in [0.25, 0.3) is 0 Å². The molecule has 0 aromatic rings. The second-order valence-corrected chi connectivity index (χ2v) is 17.6. The second kappa shape index (κ2) is 13.4. The van der Waals surface area contributed by atoms with Crippen LogP contribution < -0.4 is 5.32 Å². The molecule has 47 heavy (non-hydrogen) atoms. The van der Waals surface area contributed by atoms with Gasteiger partial charge in [-0.15, -0.1) is 0 Å². The van der Waals surface area contributed by atoms with E-state index in [1.54, 1.807) is 0 Å². The fraction of sp³-hybridized carbons (Fsp3) is 0.950. The lowest BCUT2D eigenvalue weighted by Crippen LogP contribution is -2.63. The molecular formula is C40H63NO6. The normalized spacial score (nSPS) is 48.2. The van der Waals surface area contributed by atoms with E-state index in [1.165, 1.54) is 57.8 Å². The van der Waals surface area contributed by atoms with Crippen LogP contribution in [0, 0.1) is 52.8 Å². The first-order chi connectivity index (χ1) is 22.8. The predicted molar refractivity (Wildman–Crippen MR) is 180 cm³/mol. The molecule has 1 spiro atoms. The first-order valence-corrected chi connectivity index (χ1v) is 20.0. The third-order valence-corrected chi connectivity index (χ3v) is 15.3. The zero-order valence-electron chi connectivity index (χ0n) is 29.2. The summed E-state index contributed by atoms with van der Waals surface area (Å²) in [5.41, 5.74) is -1.95. The Morgan fingerprint density at radius 2 is 1.49 bits per heavy atom. The van der Waals surface area contributed by atoms with E-state index in [4.69, 9.17) is 18.9 Å². The van der Waals surface area contributed by atoms with Crippen LogP contribution in [0.1, 0.15) is 135 Å². The number of ether oxygens (including phenoxy) is 4. The zero-order chi connectivity index (χ0) is 32.1. The van der Waals surface area contributed by atoms with Crippen LogP contribution in [0.3, 0.4) is 0 Å². The van der Waals surface area contributed by atoms with Gasteiger partial charge in [-0.05, 0) is 132 Å². The van der Waals surface area contributed by atoms with Crippen LogP contribution >= 0.6 is 0 Å². The predicted octanol–water partition coefficient (Wildman–Crippen LogP) is 6.48. The Bertz CT molecular complexity index is 1140. The van der Waals surface area contributed by atoms with Gasteiger partial charge in [0.25, 0.3) is 0 Å². The van der Waals surface area contributed by atoms with E-state index in [-0.39, 0.29) is 17.6 Å². The maximum atomic E-state index is 12.5. The van der Waals surface area contributed by atoms with E-state index < -0.39 is 17.0 Å². The highest BCUT2D eigenvalue weighted by Crippen LogP contribution is 2.69. The Labute approximate surface area is 284 Å². The van der Waals surface area contributed by atoms with E-state index in [2.05, 4.69) is 24.1 Å². The fourth-order valence-corrected chi connectivity index (χ4v) is 13.0. The molecule has 264 valence electrons. The molecule has 2 saturated heterocycles. The summed E-state index contributed by atoms with van der Waals surface area (Å²) < 4.78 is 24.1. The van der Waals surface area contributed by atoms with Gasteiger partial charge in [-0.2, -0.15) is 0 Å². The smallest absolute Gasteiger partial charge is 0.171 e. The minimum absolute atomic E-state index is 0.155. The third kappa shape index (κ3) is 6.27. The number of nitrogens with one attached hydrogen (secondary N) is 1. The first kappa shape index (κ1) is 33.4. The molecule has 8 rings (SSSR count). The first-order valence-electron chi connectivity index (χ1n) is 20.0.